The first-order valence-electron chi connectivity index (χ1n) is 7.77. The lowest BCUT2D eigenvalue weighted by atomic mass is 10.1. The molecule has 0 aliphatic carbocycles. The molecule has 1 aliphatic rings. The molecule has 2 rings (SSSR count). The minimum Gasteiger partial charge on any atom is -0.445 e. The van der Waals surface area contributed by atoms with Crippen LogP contribution in [0.25, 0.3) is 0 Å². The summed E-state index contributed by atoms with van der Waals surface area (Å²) in [6.45, 7) is 3.78. The summed E-state index contributed by atoms with van der Waals surface area (Å²) in [4.78, 5) is 37.3. The summed E-state index contributed by atoms with van der Waals surface area (Å²) in [5.41, 5.74) is 0.873. The molecule has 0 aromatic heterocycles. The van der Waals surface area contributed by atoms with Crippen LogP contribution < -0.4 is 5.32 Å². The van der Waals surface area contributed by atoms with Gasteiger partial charge in [-0.2, -0.15) is 0 Å². The number of ether oxygens (including phenoxy) is 1. The molecule has 1 heterocycles. The third-order valence-electron chi connectivity index (χ3n) is 3.92. The zero-order chi connectivity index (χ0) is 16.8. The van der Waals surface area contributed by atoms with Gasteiger partial charge in [-0.3, -0.25) is 9.59 Å². The molecule has 124 valence electrons. The number of likely N-dealkylation sites (tertiary alicyclic amines) is 1. The molecule has 1 fully saturated rings. The van der Waals surface area contributed by atoms with Crippen molar-refractivity contribution in [1.29, 1.82) is 0 Å². The van der Waals surface area contributed by atoms with Gasteiger partial charge in [-0.1, -0.05) is 30.3 Å². The maximum absolute atomic E-state index is 12.4. The van der Waals surface area contributed by atoms with Gasteiger partial charge in [0, 0.05) is 6.54 Å². The van der Waals surface area contributed by atoms with Crippen molar-refractivity contribution in [2.45, 2.75) is 45.4 Å². The van der Waals surface area contributed by atoms with E-state index in [1.807, 2.05) is 30.3 Å². The Kier molecular flexibility index (Phi) is 5.73. The highest BCUT2D eigenvalue weighted by molar-refractivity contribution is 5.91. The van der Waals surface area contributed by atoms with E-state index in [0.717, 1.165) is 12.0 Å². The Bertz CT molecular complexity index is 573. The van der Waals surface area contributed by atoms with E-state index in [1.54, 1.807) is 11.8 Å². The Morgan fingerprint density at radius 2 is 2.00 bits per heavy atom. The summed E-state index contributed by atoms with van der Waals surface area (Å²) in [6, 6.07) is 8.21. The van der Waals surface area contributed by atoms with Crippen molar-refractivity contribution in [3.05, 3.63) is 35.9 Å². The SMILES string of the molecule is CC(=O)[C@@H]1CCCN1C(=O)[C@H](C)NC(=O)OCc1ccccc1. The van der Waals surface area contributed by atoms with E-state index in [2.05, 4.69) is 5.32 Å². The molecule has 1 N–H and O–H groups in total. The topological polar surface area (TPSA) is 75.7 Å². The van der Waals surface area contributed by atoms with Crippen molar-refractivity contribution < 1.29 is 19.1 Å². The second-order valence-corrected chi connectivity index (χ2v) is 5.73. The van der Waals surface area contributed by atoms with E-state index < -0.39 is 12.1 Å². The molecule has 1 aromatic carbocycles. The van der Waals surface area contributed by atoms with Crippen molar-refractivity contribution in [3.63, 3.8) is 0 Å². The van der Waals surface area contributed by atoms with E-state index in [-0.39, 0.29) is 24.3 Å². The third kappa shape index (κ3) is 4.55. The number of hydrogen-bond acceptors (Lipinski definition) is 4. The van der Waals surface area contributed by atoms with E-state index >= 15 is 0 Å². The Labute approximate surface area is 135 Å². The normalized spacial score (nSPS) is 18.3. The van der Waals surface area contributed by atoms with Gasteiger partial charge in [0.15, 0.2) is 5.78 Å². The zero-order valence-corrected chi connectivity index (χ0v) is 13.5. The fourth-order valence-electron chi connectivity index (χ4n) is 2.71. The first-order chi connectivity index (χ1) is 11.0. The van der Waals surface area contributed by atoms with Gasteiger partial charge >= 0.3 is 6.09 Å². The quantitative estimate of drug-likeness (QED) is 0.899. The van der Waals surface area contributed by atoms with Gasteiger partial charge in [-0.15, -0.1) is 0 Å². The highest BCUT2D eigenvalue weighted by Crippen LogP contribution is 2.19. The van der Waals surface area contributed by atoms with Crippen LogP contribution in [0.2, 0.25) is 0 Å². The van der Waals surface area contributed by atoms with Gasteiger partial charge in [0.05, 0.1) is 6.04 Å². The maximum atomic E-state index is 12.4. The first-order valence-corrected chi connectivity index (χ1v) is 7.77. The van der Waals surface area contributed by atoms with Crippen LogP contribution in [0, 0.1) is 0 Å². The van der Waals surface area contributed by atoms with Crippen LogP contribution in [-0.4, -0.2) is 41.3 Å². The smallest absolute Gasteiger partial charge is 0.408 e. The number of benzene rings is 1. The van der Waals surface area contributed by atoms with Crippen molar-refractivity contribution in [1.82, 2.24) is 10.2 Å². The molecule has 0 spiro atoms. The Morgan fingerprint density at radius 1 is 1.30 bits per heavy atom. The molecule has 0 bridgehead atoms. The number of nitrogens with one attached hydrogen (secondary N) is 1. The molecule has 2 atom stereocenters. The number of nitrogens with zero attached hydrogens (tertiary/aromatic N) is 1. The molecule has 0 unspecified atom stereocenters. The second-order valence-electron chi connectivity index (χ2n) is 5.73. The monoisotopic (exact) mass is 318 g/mol. The van der Waals surface area contributed by atoms with E-state index in [4.69, 9.17) is 4.74 Å². The average Bonchev–Trinajstić information content (AvgIpc) is 3.03. The van der Waals surface area contributed by atoms with Crippen molar-refractivity contribution in [2.75, 3.05) is 6.54 Å². The van der Waals surface area contributed by atoms with Crippen LogP contribution in [0.15, 0.2) is 30.3 Å². The first kappa shape index (κ1) is 17.0. The number of ketones is 1. The van der Waals surface area contributed by atoms with E-state index in [1.165, 1.54) is 6.92 Å². The molecular formula is C17H22N2O4. The molecule has 0 radical (unpaired) electrons. The number of carbonyl (C=O) groups is 3. The summed E-state index contributed by atoms with van der Waals surface area (Å²) in [5, 5.41) is 2.52. The lowest BCUT2D eigenvalue weighted by Gasteiger charge is -2.26. The molecule has 0 saturated carbocycles. The van der Waals surface area contributed by atoms with Crippen LogP contribution in [0.1, 0.15) is 32.3 Å². The number of Topliss-reactive ketones (excluding diaryl/α,β-unsaturated/α-hetero) is 1. The summed E-state index contributed by atoms with van der Waals surface area (Å²) in [6.07, 6.45) is 0.848. The van der Waals surface area contributed by atoms with Gasteiger partial charge < -0.3 is 15.0 Å². The number of carbonyl (C=O) groups excluding carboxylic acids is 3. The van der Waals surface area contributed by atoms with Crippen LogP contribution in [0.5, 0.6) is 0 Å². The van der Waals surface area contributed by atoms with E-state index in [9.17, 15) is 14.4 Å². The van der Waals surface area contributed by atoms with Crippen LogP contribution in [0.3, 0.4) is 0 Å². The fraction of sp³-hybridized carbons (Fsp3) is 0.471. The van der Waals surface area contributed by atoms with Crippen LogP contribution >= 0.6 is 0 Å². The summed E-state index contributed by atoms with van der Waals surface area (Å²) in [7, 11) is 0. The Hall–Kier alpha value is -2.37. The predicted molar refractivity (Wildman–Crippen MR) is 84.6 cm³/mol. The lowest BCUT2D eigenvalue weighted by molar-refractivity contribution is -0.138. The summed E-state index contributed by atoms with van der Waals surface area (Å²) in [5.74, 6) is -0.269. The van der Waals surface area contributed by atoms with Gasteiger partial charge in [-0.25, -0.2) is 4.79 Å². The molecule has 1 aliphatic heterocycles. The molecule has 2 amide bonds. The molecule has 6 heteroatoms. The maximum Gasteiger partial charge on any atom is 0.408 e. The van der Waals surface area contributed by atoms with Crippen LogP contribution in [0.4, 0.5) is 4.79 Å². The van der Waals surface area contributed by atoms with E-state index in [0.29, 0.717) is 13.0 Å². The minimum atomic E-state index is -0.724. The van der Waals surface area contributed by atoms with Crippen LogP contribution in [-0.2, 0) is 20.9 Å². The molecule has 1 aromatic rings. The highest BCUT2D eigenvalue weighted by Gasteiger charge is 2.34. The van der Waals surface area contributed by atoms with Crippen molar-refractivity contribution in [2.24, 2.45) is 0 Å². The van der Waals surface area contributed by atoms with Gasteiger partial charge in [0.25, 0.3) is 0 Å². The number of alkyl carbamates (subject to hydrolysis) is 1. The number of rotatable bonds is 5. The summed E-state index contributed by atoms with van der Waals surface area (Å²) >= 11 is 0. The zero-order valence-electron chi connectivity index (χ0n) is 13.5. The fourth-order valence-corrected chi connectivity index (χ4v) is 2.71. The predicted octanol–water partition coefficient (Wildman–Crippen LogP) is 1.88. The molecular weight excluding hydrogens is 296 g/mol. The van der Waals surface area contributed by atoms with Gasteiger partial charge in [0.2, 0.25) is 5.91 Å². The third-order valence-corrected chi connectivity index (χ3v) is 3.92. The van der Waals surface area contributed by atoms with Crippen molar-refractivity contribution in [3.8, 4) is 0 Å². The standard InChI is InChI=1S/C17H22N2O4/c1-12(16(21)19-10-6-9-15(19)13(2)20)18-17(22)23-11-14-7-4-3-5-8-14/h3-5,7-8,12,15H,6,9-11H2,1-2H3,(H,18,22)/t12-,15-/m0/s1. The van der Waals surface area contributed by atoms with Gasteiger partial charge in [0.1, 0.15) is 12.6 Å². The van der Waals surface area contributed by atoms with Crippen molar-refractivity contribution >= 4 is 17.8 Å². The Balaban J connectivity index is 1.83. The molecule has 6 nitrogen and oxygen atoms in total. The average molecular weight is 318 g/mol. The Morgan fingerprint density at radius 3 is 2.65 bits per heavy atom. The second kappa shape index (κ2) is 7.76. The number of amides is 2. The summed E-state index contributed by atoms with van der Waals surface area (Å²) < 4.78 is 5.10. The number of hydrogen-bond donors (Lipinski definition) is 1. The minimum absolute atomic E-state index is 0.0188. The lowest BCUT2D eigenvalue weighted by Crippen LogP contribution is -2.50. The molecule has 1 saturated heterocycles. The highest BCUT2D eigenvalue weighted by atomic mass is 16.5. The largest absolute Gasteiger partial charge is 0.445 e. The van der Waals surface area contributed by atoms with Gasteiger partial charge in [-0.05, 0) is 32.3 Å². The molecule has 23 heavy (non-hydrogen) atoms.